The maximum Gasteiger partial charge on any atom is 0.416 e. The Kier molecular flexibility index (Phi) is 7.78. The molecule has 1 saturated carbocycles. The van der Waals surface area contributed by atoms with Crippen molar-refractivity contribution in [2.24, 2.45) is 5.92 Å². The summed E-state index contributed by atoms with van der Waals surface area (Å²) in [5, 5.41) is 10.2. The molecule has 1 unspecified atom stereocenters. The Balaban J connectivity index is 1.73. The second kappa shape index (κ2) is 10.3. The maximum atomic E-state index is 13.0. The quantitative estimate of drug-likeness (QED) is 0.409. The zero-order valence-corrected chi connectivity index (χ0v) is 18.2. The standard InChI is InChI=1S/C26H31F3N2/c1-2-17-31(19-21-8-4-3-5-9-21)18-7-16-25(20-30,22-10-6-11-22)23-12-14-24(15-13-23)26(27,28)29/h3-5,8-9,12-15,22H,2,6-7,10-11,16-19H2,1H3. The van der Waals surface area contributed by atoms with Crippen LogP contribution >= 0.6 is 0 Å². The number of nitriles is 1. The fraction of sp³-hybridized carbons (Fsp3) is 0.500. The minimum absolute atomic E-state index is 0.225. The van der Waals surface area contributed by atoms with Crippen molar-refractivity contribution in [2.75, 3.05) is 13.1 Å². The monoisotopic (exact) mass is 428 g/mol. The summed E-state index contributed by atoms with van der Waals surface area (Å²) in [5.74, 6) is 0.225. The summed E-state index contributed by atoms with van der Waals surface area (Å²) in [4.78, 5) is 2.41. The van der Waals surface area contributed by atoms with Gasteiger partial charge < -0.3 is 0 Å². The Morgan fingerprint density at radius 3 is 2.13 bits per heavy atom. The van der Waals surface area contributed by atoms with E-state index in [2.05, 4.69) is 30.0 Å². The lowest BCUT2D eigenvalue weighted by Gasteiger charge is -2.41. The summed E-state index contributed by atoms with van der Waals surface area (Å²) in [6, 6.07) is 18.2. The van der Waals surface area contributed by atoms with Gasteiger partial charge in [-0.3, -0.25) is 4.90 Å². The average molecular weight is 429 g/mol. The highest BCUT2D eigenvalue weighted by Gasteiger charge is 2.43. The predicted octanol–water partition coefficient (Wildman–Crippen LogP) is 6.96. The van der Waals surface area contributed by atoms with Gasteiger partial charge in [0.25, 0.3) is 0 Å². The zero-order valence-electron chi connectivity index (χ0n) is 18.2. The third kappa shape index (κ3) is 5.68. The lowest BCUT2D eigenvalue weighted by atomic mass is 9.60. The van der Waals surface area contributed by atoms with Gasteiger partial charge in [-0.2, -0.15) is 18.4 Å². The van der Waals surface area contributed by atoms with Crippen molar-refractivity contribution in [3.8, 4) is 6.07 Å². The van der Waals surface area contributed by atoms with Crippen molar-refractivity contribution in [3.63, 3.8) is 0 Å². The van der Waals surface area contributed by atoms with Crippen LogP contribution in [0.4, 0.5) is 13.2 Å². The van der Waals surface area contributed by atoms with E-state index in [0.29, 0.717) is 6.42 Å². The van der Waals surface area contributed by atoms with Crippen LogP contribution in [0, 0.1) is 17.2 Å². The van der Waals surface area contributed by atoms with E-state index in [1.54, 1.807) is 0 Å². The number of hydrogen-bond acceptors (Lipinski definition) is 2. The number of hydrogen-bond donors (Lipinski definition) is 0. The van der Waals surface area contributed by atoms with Gasteiger partial charge in [0.1, 0.15) is 0 Å². The van der Waals surface area contributed by atoms with Crippen LogP contribution in [0.5, 0.6) is 0 Å². The molecule has 0 N–H and O–H groups in total. The lowest BCUT2D eigenvalue weighted by Crippen LogP contribution is -2.39. The van der Waals surface area contributed by atoms with Crippen molar-refractivity contribution >= 4 is 0 Å². The summed E-state index contributed by atoms with van der Waals surface area (Å²) in [5.41, 5.74) is 0.642. The average Bonchev–Trinajstić information content (AvgIpc) is 2.72. The van der Waals surface area contributed by atoms with Crippen molar-refractivity contribution in [1.82, 2.24) is 4.90 Å². The van der Waals surface area contributed by atoms with Crippen LogP contribution in [0.25, 0.3) is 0 Å². The molecule has 1 aliphatic rings. The molecule has 1 aliphatic carbocycles. The molecule has 2 aromatic carbocycles. The Morgan fingerprint density at radius 2 is 1.61 bits per heavy atom. The first-order chi connectivity index (χ1) is 14.9. The van der Waals surface area contributed by atoms with Crippen molar-refractivity contribution in [3.05, 3.63) is 71.3 Å². The normalized spacial score (nSPS) is 16.5. The van der Waals surface area contributed by atoms with Gasteiger partial charge in [0.15, 0.2) is 0 Å². The van der Waals surface area contributed by atoms with Crippen LogP contribution in [-0.4, -0.2) is 18.0 Å². The number of rotatable bonds is 10. The second-order valence-electron chi connectivity index (χ2n) is 8.65. The SMILES string of the molecule is CCCN(CCCC(C#N)(c1ccc(C(F)(F)F)cc1)C1CCC1)Cc1ccccc1. The van der Waals surface area contributed by atoms with Crippen molar-refractivity contribution in [1.29, 1.82) is 5.26 Å². The van der Waals surface area contributed by atoms with E-state index in [0.717, 1.165) is 69.4 Å². The van der Waals surface area contributed by atoms with E-state index in [4.69, 9.17) is 0 Å². The van der Waals surface area contributed by atoms with Crippen LogP contribution in [0.3, 0.4) is 0 Å². The van der Waals surface area contributed by atoms with Gasteiger partial charge in [-0.15, -0.1) is 0 Å². The van der Waals surface area contributed by atoms with Crippen LogP contribution in [0.2, 0.25) is 0 Å². The molecule has 0 amide bonds. The summed E-state index contributed by atoms with van der Waals surface area (Å²) < 4.78 is 39.0. The van der Waals surface area contributed by atoms with E-state index in [1.165, 1.54) is 17.7 Å². The largest absolute Gasteiger partial charge is 0.416 e. The molecule has 2 nitrogen and oxygen atoms in total. The van der Waals surface area contributed by atoms with Crippen molar-refractivity contribution < 1.29 is 13.2 Å². The molecule has 166 valence electrons. The van der Waals surface area contributed by atoms with Gasteiger partial charge in [-0.05, 0) is 74.4 Å². The Bertz CT molecular complexity index is 851. The van der Waals surface area contributed by atoms with E-state index in [-0.39, 0.29) is 5.92 Å². The van der Waals surface area contributed by atoms with Gasteiger partial charge >= 0.3 is 6.18 Å². The van der Waals surface area contributed by atoms with Gasteiger partial charge in [-0.25, -0.2) is 0 Å². The Morgan fingerprint density at radius 1 is 0.968 bits per heavy atom. The van der Waals surface area contributed by atoms with Crippen molar-refractivity contribution in [2.45, 2.75) is 63.6 Å². The molecule has 0 bridgehead atoms. The molecule has 0 heterocycles. The van der Waals surface area contributed by atoms with Gasteiger partial charge in [0.2, 0.25) is 0 Å². The highest BCUT2D eigenvalue weighted by molar-refractivity contribution is 5.37. The van der Waals surface area contributed by atoms with E-state index in [1.807, 2.05) is 18.2 Å². The maximum absolute atomic E-state index is 13.0. The molecular weight excluding hydrogens is 397 g/mol. The molecule has 0 radical (unpaired) electrons. The number of alkyl halides is 3. The molecule has 31 heavy (non-hydrogen) atoms. The lowest BCUT2D eigenvalue weighted by molar-refractivity contribution is -0.137. The van der Waals surface area contributed by atoms with Gasteiger partial charge in [-0.1, -0.05) is 55.8 Å². The molecule has 0 aromatic heterocycles. The topological polar surface area (TPSA) is 27.0 Å². The molecular formula is C26H31F3N2. The minimum atomic E-state index is -4.36. The molecule has 1 atom stereocenters. The summed E-state index contributed by atoms with van der Waals surface area (Å²) in [6.07, 6.45) is 1.24. The van der Waals surface area contributed by atoms with Crippen LogP contribution in [0.1, 0.15) is 62.1 Å². The number of halogens is 3. The first kappa shape index (κ1) is 23.3. The predicted molar refractivity (Wildman–Crippen MR) is 117 cm³/mol. The third-order valence-electron chi connectivity index (χ3n) is 6.56. The Labute approximate surface area is 183 Å². The van der Waals surface area contributed by atoms with E-state index in [9.17, 15) is 18.4 Å². The molecule has 5 heteroatoms. The van der Waals surface area contributed by atoms with E-state index >= 15 is 0 Å². The number of benzene rings is 2. The number of nitrogens with zero attached hydrogens (tertiary/aromatic N) is 2. The fourth-order valence-electron chi connectivity index (χ4n) is 4.66. The second-order valence-corrected chi connectivity index (χ2v) is 8.65. The molecule has 0 aliphatic heterocycles. The van der Waals surface area contributed by atoms with Crippen LogP contribution < -0.4 is 0 Å². The highest BCUT2D eigenvalue weighted by atomic mass is 19.4. The first-order valence-electron chi connectivity index (χ1n) is 11.2. The first-order valence-corrected chi connectivity index (χ1v) is 11.2. The van der Waals surface area contributed by atoms with E-state index < -0.39 is 17.2 Å². The van der Waals surface area contributed by atoms with Gasteiger partial charge in [0, 0.05) is 6.54 Å². The fourth-order valence-corrected chi connectivity index (χ4v) is 4.66. The highest BCUT2D eigenvalue weighted by Crippen LogP contribution is 2.47. The van der Waals surface area contributed by atoms with Crippen LogP contribution in [0.15, 0.2) is 54.6 Å². The molecule has 3 rings (SSSR count). The Hall–Kier alpha value is -2.32. The van der Waals surface area contributed by atoms with Crippen LogP contribution in [-0.2, 0) is 18.1 Å². The van der Waals surface area contributed by atoms with Gasteiger partial charge in [0.05, 0.1) is 17.0 Å². The third-order valence-corrected chi connectivity index (χ3v) is 6.56. The summed E-state index contributed by atoms with van der Waals surface area (Å²) >= 11 is 0. The summed E-state index contributed by atoms with van der Waals surface area (Å²) in [6.45, 7) is 4.89. The molecule has 0 spiro atoms. The zero-order chi connectivity index (χ0) is 22.3. The smallest absolute Gasteiger partial charge is 0.299 e. The molecule has 2 aromatic rings. The summed E-state index contributed by atoms with van der Waals surface area (Å²) in [7, 11) is 0. The molecule has 0 saturated heterocycles. The minimum Gasteiger partial charge on any atom is -0.299 e. The molecule has 1 fully saturated rings.